The monoisotopic (exact) mass is 331 g/mol. The highest BCUT2D eigenvalue weighted by Crippen LogP contribution is 2.20. The first-order valence-electron chi connectivity index (χ1n) is 6.28. The molecule has 0 bridgehead atoms. The van der Waals surface area contributed by atoms with Crippen LogP contribution in [0.1, 0.15) is 18.5 Å². The molecular formula is C11H19BBrN3OS. The third-order valence-corrected chi connectivity index (χ3v) is 4.97. The number of hydrogen-bond acceptors (Lipinski definition) is 5. The second kappa shape index (κ2) is 6.48. The molecule has 0 spiro atoms. The first-order chi connectivity index (χ1) is 8.56. The minimum atomic E-state index is -0.372. The summed E-state index contributed by atoms with van der Waals surface area (Å²) in [5.41, 5.74) is 1.13. The summed E-state index contributed by atoms with van der Waals surface area (Å²) in [7, 11) is 1.63. The average Bonchev–Trinajstić information content (AvgIpc) is 2.74. The topological polar surface area (TPSA) is 39.6 Å². The molecule has 1 N–H and O–H groups in total. The van der Waals surface area contributed by atoms with Crippen LogP contribution in [0, 0.1) is 0 Å². The Kier molecular flexibility index (Phi) is 5.20. The summed E-state index contributed by atoms with van der Waals surface area (Å²) in [6, 6.07) is 0.445. The summed E-state index contributed by atoms with van der Waals surface area (Å²) < 4.78 is 0.951. The van der Waals surface area contributed by atoms with Gasteiger partial charge in [0.05, 0.1) is 5.69 Å². The lowest BCUT2D eigenvalue weighted by molar-refractivity contribution is 0.143. The summed E-state index contributed by atoms with van der Waals surface area (Å²) >= 11 is 5.03. The van der Waals surface area contributed by atoms with Gasteiger partial charge in [-0.15, -0.1) is 11.3 Å². The molecule has 1 aliphatic heterocycles. The van der Waals surface area contributed by atoms with Crippen molar-refractivity contribution in [3.05, 3.63) is 15.0 Å². The van der Waals surface area contributed by atoms with Crippen LogP contribution in [0.3, 0.4) is 0 Å². The van der Waals surface area contributed by atoms with Gasteiger partial charge >= 0.3 is 7.05 Å². The second-order valence-corrected chi connectivity index (χ2v) is 7.05. The van der Waals surface area contributed by atoms with Crippen molar-refractivity contribution in [1.29, 1.82) is 0 Å². The number of likely N-dealkylation sites (tertiary alicyclic amines) is 1. The van der Waals surface area contributed by atoms with Gasteiger partial charge in [0.1, 0.15) is 0 Å². The van der Waals surface area contributed by atoms with Crippen molar-refractivity contribution in [2.75, 3.05) is 20.1 Å². The number of hydrogen-bond donors (Lipinski definition) is 1. The predicted molar refractivity (Wildman–Crippen MR) is 79.7 cm³/mol. The van der Waals surface area contributed by atoms with E-state index in [4.69, 9.17) is 0 Å². The van der Waals surface area contributed by atoms with E-state index in [-0.39, 0.29) is 7.05 Å². The third-order valence-electron chi connectivity index (χ3n) is 3.56. The minimum absolute atomic E-state index is 0.372. The van der Waals surface area contributed by atoms with Crippen LogP contribution in [0.15, 0.2) is 9.30 Å². The molecule has 4 nitrogen and oxygen atoms in total. The number of thiazole rings is 1. The predicted octanol–water partition coefficient (Wildman–Crippen LogP) is 1.91. The van der Waals surface area contributed by atoms with Gasteiger partial charge in [-0.3, -0.25) is 4.90 Å². The van der Waals surface area contributed by atoms with E-state index in [2.05, 4.69) is 36.0 Å². The quantitative estimate of drug-likeness (QED) is 0.855. The molecule has 1 atom stereocenters. The van der Waals surface area contributed by atoms with Crippen molar-refractivity contribution in [2.45, 2.75) is 32.3 Å². The number of piperidine rings is 1. The maximum absolute atomic E-state index is 9.64. The molecule has 18 heavy (non-hydrogen) atoms. The number of halogens is 1. The van der Waals surface area contributed by atoms with E-state index >= 15 is 0 Å². The first kappa shape index (κ1) is 14.5. The van der Waals surface area contributed by atoms with Crippen molar-refractivity contribution >= 4 is 34.3 Å². The van der Waals surface area contributed by atoms with Crippen LogP contribution in [0.4, 0.5) is 0 Å². The van der Waals surface area contributed by atoms with Crippen LogP contribution in [-0.4, -0.2) is 52.9 Å². The number of nitrogens with zero attached hydrogens (tertiary/aromatic N) is 3. The standard InChI is InChI=1S/C11H19BBrN3OS/c1-12(17)15(2)10-4-3-5-16(7-10)6-9-8-18-11(13)14-9/h8,10,17H,3-7H2,1-2H3. The van der Waals surface area contributed by atoms with Crippen molar-refractivity contribution in [1.82, 2.24) is 14.7 Å². The maximum atomic E-state index is 9.64. The Hall–Kier alpha value is 0.0549. The molecule has 2 heterocycles. The van der Waals surface area contributed by atoms with Crippen molar-refractivity contribution in [3.63, 3.8) is 0 Å². The zero-order valence-electron chi connectivity index (χ0n) is 10.8. The Morgan fingerprint density at radius 1 is 1.72 bits per heavy atom. The highest BCUT2D eigenvalue weighted by molar-refractivity contribution is 9.11. The van der Waals surface area contributed by atoms with Gasteiger partial charge in [0, 0.05) is 24.5 Å². The number of aromatic nitrogens is 1. The van der Waals surface area contributed by atoms with Crippen LogP contribution in [0.5, 0.6) is 0 Å². The fourth-order valence-corrected chi connectivity index (χ4v) is 3.43. The molecule has 1 aromatic heterocycles. The van der Waals surface area contributed by atoms with Crippen LogP contribution in [-0.2, 0) is 6.54 Å². The van der Waals surface area contributed by atoms with Crippen LogP contribution < -0.4 is 0 Å². The largest absolute Gasteiger partial charge is 0.437 e. The summed E-state index contributed by atoms with van der Waals surface area (Å²) in [4.78, 5) is 8.92. The summed E-state index contributed by atoms with van der Waals surface area (Å²) in [6.07, 6.45) is 2.35. The van der Waals surface area contributed by atoms with E-state index < -0.39 is 0 Å². The highest BCUT2D eigenvalue weighted by Gasteiger charge is 2.27. The lowest BCUT2D eigenvalue weighted by Crippen LogP contribution is -2.50. The Labute approximate surface area is 121 Å². The molecule has 0 aliphatic carbocycles. The van der Waals surface area contributed by atoms with E-state index in [1.54, 1.807) is 11.3 Å². The molecule has 1 fully saturated rings. The van der Waals surface area contributed by atoms with Crippen LogP contribution >= 0.6 is 27.3 Å². The SMILES string of the molecule is CB(O)N(C)C1CCCN(Cc2csc(Br)n2)C1. The highest BCUT2D eigenvalue weighted by atomic mass is 79.9. The maximum Gasteiger partial charge on any atom is 0.376 e. The molecule has 2 rings (SSSR count). The summed E-state index contributed by atoms with van der Waals surface area (Å²) in [5.74, 6) is 0. The minimum Gasteiger partial charge on any atom is -0.437 e. The van der Waals surface area contributed by atoms with E-state index in [1.807, 2.05) is 13.9 Å². The molecule has 0 saturated carbocycles. The molecule has 100 valence electrons. The first-order valence-corrected chi connectivity index (χ1v) is 7.96. The lowest BCUT2D eigenvalue weighted by Gasteiger charge is -2.38. The molecule has 1 unspecified atom stereocenters. The molecule has 0 aromatic carbocycles. The van der Waals surface area contributed by atoms with E-state index in [0.717, 1.165) is 29.2 Å². The molecule has 1 saturated heterocycles. The normalized spacial score (nSPS) is 21.5. The third kappa shape index (κ3) is 3.77. The van der Waals surface area contributed by atoms with E-state index in [9.17, 15) is 5.02 Å². The van der Waals surface area contributed by atoms with Crippen molar-refractivity contribution < 1.29 is 5.02 Å². The summed E-state index contributed by atoms with van der Waals surface area (Å²) in [5, 5.41) is 11.7. The van der Waals surface area contributed by atoms with Crippen molar-refractivity contribution in [2.24, 2.45) is 0 Å². The Bertz CT molecular complexity index is 390. The number of rotatable bonds is 4. The Morgan fingerprint density at radius 3 is 3.11 bits per heavy atom. The average molecular weight is 332 g/mol. The molecule has 1 aliphatic rings. The van der Waals surface area contributed by atoms with Gasteiger partial charge in [0.15, 0.2) is 3.92 Å². The van der Waals surface area contributed by atoms with E-state index in [0.29, 0.717) is 6.04 Å². The smallest absolute Gasteiger partial charge is 0.376 e. The summed E-state index contributed by atoms with van der Waals surface area (Å²) in [6.45, 7) is 4.87. The Morgan fingerprint density at radius 2 is 2.50 bits per heavy atom. The molecule has 0 amide bonds. The second-order valence-electron chi connectivity index (χ2n) is 4.92. The van der Waals surface area contributed by atoms with Gasteiger partial charge in [-0.2, -0.15) is 0 Å². The van der Waals surface area contributed by atoms with Gasteiger partial charge in [-0.05, 0) is 49.2 Å². The lowest BCUT2D eigenvalue weighted by atomic mass is 9.82. The molecular weight excluding hydrogens is 313 g/mol. The molecule has 1 aromatic rings. The van der Waals surface area contributed by atoms with Crippen LogP contribution in [0.2, 0.25) is 6.82 Å². The molecule has 7 heteroatoms. The van der Waals surface area contributed by atoms with Gasteiger partial charge < -0.3 is 9.83 Å². The van der Waals surface area contributed by atoms with Gasteiger partial charge in [-0.25, -0.2) is 4.98 Å². The Balaban J connectivity index is 1.90. The van der Waals surface area contributed by atoms with E-state index in [1.165, 1.54) is 12.8 Å². The number of likely N-dealkylation sites (N-methyl/N-ethyl adjacent to an activating group) is 1. The van der Waals surface area contributed by atoms with Gasteiger partial charge in [0.25, 0.3) is 0 Å². The van der Waals surface area contributed by atoms with Gasteiger partial charge in [0.2, 0.25) is 0 Å². The fourth-order valence-electron chi connectivity index (χ4n) is 2.40. The van der Waals surface area contributed by atoms with Crippen molar-refractivity contribution in [3.8, 4) is 0 Å². The van der Waals surface area contributed by atoms with Gasteiger partial charge in [-0.1, -0.05) is 0 Å². The molecule has 0 radical (unpaired) electrons. The zero-order chi connectivity index (χ0) is 13.1. The zero-order valence-corrected chi connectivity index (χ0v) is 13.2. The fraction of sp³-hybridized carbons (Fsp3) is 0.727. The van der Waals surface area contributed by atoms with Crippen LogP contribution in [0.25, 0.3) is 0 Å².